The summed E-state index contributed by atoms with van der Waals surface area (Å²) in [4.78, 5) is 31.4. The Bertz CT molecular complexity index is 1210. The van der Waals surface area contributed by atoms with Crippen LogP contribution in [0.1, 0.15) is 23.6 Å². The highest BCUT2D eigenvalue weighted by Gasteiger charge is 2.45. The Morgan fingerprint density at radius 2 is 1.94 bits per heavy atom. The number of ether oxygens (including phenoxy) is 1. The molecule has 9 heteroatoms. The third-order valence-corrected chi connectivity index (χ3v) is 5.82. The lowest BCUT2D eigenvalue weighted by atomic mass is 9.95. The number of halogens is 2. The molecule has 0 saturated carbocycles. The van der Waals surface area contributed by atoms with Crippen molar-refractivity contribution in [1.29, 1.82) is 0 Å². The third-order valence-electron chi connectivity index (χ3n) is 5.53. The summed E-state index contributed by atoms with van der Waals surface area (Å²) < 4.78 is 20.6. The second kappa shape index (κ2) is 9.46. The van der Waals surface area contributed by atoms with Gasteiger partial charge in [-0.2, -0.15) is 0 Å². The normalized spacial score (nSPS) is 17.5. The molecule has 4 rings (SSSR count). The molecule has 2 heterocycles. The van der Waals surface area contributed by atoms with Gasteiger partial charge < -0.3 is 19.3 Å². The number of aryl methyl sites for hydroxylation is 1. The highest BCUT2D eigenvalue weighted by atomic mass is 35.5. The molecule has 1 N–H and O–H groups in total. The van der Waals surface area contributed by atoms with Gasteiger partial charge in [0, 0.05) is 31.0 Å². The summed E-state index contributed by atoms with van der Waals surface area (Å²) in [6.07, 6.45) is 5.68. The topological polar surface area (TPSA) is 84.7 Å². The fourth-order valence-electron chi connectivity index (χ4n) is 3.91. The summed E-state index contributed by atoms with van der Waals surface area (Å²) in [7, 11) is 1.46. The van der Waals surface area contributed by atoms with Crippen molar-refractivity contribution < 1.29 is 23.8 Å². The number of ketones is 1. The van der Waals surface area contributed by atoms with Crippen LogP contribution in [0.25, 0.3) is 5.76 Å². The molecule has 1 aromatic heterocycles. The molecule has 0 aliphatic carbocycles. The number of hydrogen-bond acceptors (Lipinski definition) is 5. The zero-order chi connectivity index (χ0) is 23.5. The maximum atomic E-state index is 13.6. The molecule has 1 saturated heterocycles. The summed E-state index contributed by atoms with van der Waals surface area (Å²) in [5.41, 5.74) is 0.708. The Kier molecular flexibility index (Phi) is 6.46. The molecule has 1 aliphatic heterocycles. The van der Waals surface area contributed by atoms with Gasteiger partial charge in [-0.3, -0.25) is 9.59 Å². The van der Waals surface area contributed by atoms with Crippen LogP contribution in [-0.4, -0.2) is 44.9 Å². The van der Waals surface area contributed by atoms with Crippen molar-refractivity contribution in [2.45, 2.75) is 19.0 Å². The predicted molar refractivity (Wildman–Crippen MR) is 120 cm³/mol. The van der Waals surface area contributed by atoms with Gasteiger partial charge in [0.05, 0.1) is 30.1 Å². The molecule has 1 aliphatic rings. The van der Waals surface area contributed by atoms with E-state index < -0.39 is 23.5 Å². The van der Waals surface area contributed by atoms with E-state index >= 15 is 0 Å². The van der Waals surface area contributed by atoms with Crippen LogP contribution in [0.4, 0.5) is 4.39 Å². The molecule has 33 heavy (non-hydrogen) atoms. The first-order valence-electron chi connectivity index (χ1n) is 10.2. The van der Waals surface area contributed by atoms with Gasteiger partial charge in [-0.25, -0.2) is 9.37 Å². The highest BCUT2D eigenvalue weighted by Crippen LogP contribution is 2.40. The second-order valence-electron chi connectivity index (χ2n) is 7.55. The molecule has 7 nitrogen and oxygen atoms in total. The molecule has 0 bridgehead atoms. The van der Waals surface area contributed by atoms with Crippen molar-refractivity contribution in [3.8, 4) is 5.75 Å². The third kappa shape index (κ3) is 4.47. The lowest BCUT2D eigenvalue weighted by molar-refractivity contribution is -0.139. The summed E-state index contributed by atoms with van der Waals surface area (Å²) in [6, 6.07) is 9.22. The van der Waals surface area contributed by atoms with Crippen molar-refractivity contribution >= 4 is 29.1 Å². The van der Waals surface area contributed by atoms with E-state index in [0.717, 1.165) is 0 Å². The molecular formula is C24H21ClFN3O4. The largest absolute Gasteiger partial charge is 0.507 e. The SMILES string of the molecule is COc1ccc(C(O)=C2C(=O)C(=O)N(CCCn3ccnc3)C2c2ccc(F)cc2)cc1Cl. The number of likely N-dealkylation sites (tertiary alicyclic amines) is 1. The number of hydrogen-bond donors (Lipinski definition) is 1. The molecule has 3 aromatic rings. The average Bonchev–Trinajstić information content (AvgIpc) is 3.41. The van der Waals surface area contributed by atoms with Gasteiger partial charge in [0.1, 0.15) is 17.3 Å². The first-order valence-corrected chi connectivity index (χ1v) is 10.6. The van der Waals surface area contributed by atoms with Crippen LogP contribution in [0.15, 0.2) is 66.8 Å². The molecule has 1 atom stereocenters. The zero-order valence-electron chi connectivity index (χ0n) is 17.7. The minimum atomic E-state index is -0.866. The number of aliphatic hydroxyl groups is 1. The Hall–Kier alpha value is -3.65. The number of Topliss-reactive ketones (excluding diaryl/α,β-unsaturated/α-hetero) is 1. The van der Waals surface area contributed by atoms with Gasteiger partial charge >= 0.3 is 0 Å². The number of amides is 1. The molecular weight excluding hydrogens is 449 g/mol. The fraction of sp³-hybridized carbons (Fsp3) is 0.208. The van der Waals surface area contributed by atoms with Crippen molar-refractivity contribution in [1.82, 2.24) is 14.5 Å². The maximum Gasteiger partial charge on any atom is 0.295 e. The van der Waals surface area contributed by atoms with Gasteiger partial charge in [-0.05, 0) is 42.3 Å². The lowest BCUT2D eigenvalue weighted by Gasteiger charge is -2.25. The van der Waals surface area contributed by atoms with E-state index in [0.29, 0.717) is 24.3 Å². The van der Waals surface area contributed by atoms with Gasteiger partial charge in [0.15, 0.2) is 0 Å². The quantitative estimate of drug-likeness (QED) is 0.318. The number of aromatic nitrogens is 2. The van der Waals surface area contributed by atoms with Crippen LogP contribution in [0.5, 0.6) is 5.75 Å². The van der Waals surface area contributed by atoms with Crippen LogP contribution >= 0.6 is 11.6 Å². The number of carbonyl (C=O) groups excluding carboxylic acids is 2. The molecule has 2 aromatic carbocycles. The standard InChI is InChI=1S/C24H21ClFN3O4/c1-33-19-8-5-16(13-18(19)25)22(30)20-21(15-3-6-17(26)7-4-15)29(24(32)23(20)31)11-2-10-28-12-9-27-14-28/h3-9,12-14,21,30H,2,10-11H2,1H3. The Morgan fingerprint density at radius 3 is 2.58 bits per heavy atom. The van der Waals surface area contributed by atoms with E-state index in [1.54, 1.807) is 30.9 Å². The monoisotopic (exact) mass is 469 g/mol. The number of aliphatic hydroxyl groups excluding tert-OH is 1. The van der Waals surface area contributed by atoms with E-state index in [9.17, 15) is 19.1 Å². The minimum absolute atomic E-state index is 0.0736. The number of benzene rings is 2. The molecule has 1 fully saturated rings. The fourth-order valence-corrected chi connectivity index (χ4v) is 4.17. The van der Waals surface area contributed by atoms with E-state index in [1.165, 1.54) is 42.3 Å². The number of rotatable bonds is 7. The van der Waals surface area contributed by atoms with Gasteiger partial charge in [-0.15, -0.1) is 0 Å². The Balaban J connectivity index is 1.74. The van der Waals surface area contributed by atoms with Crippen LogP contribution in [0, 0.1) is 5.82 Å². The van der Waals surface area contributed by atoms with Crippen LogP contribution in [0.3, 0.4) is 0 Å². The van der Waals surface area contributed by atoms with Gasteiger partial charge in [0.2, 0.25) is 0 Å². The second-order valence-corrected chi connectivity index (χ2v) is 7.95. The lowest BCUT2D eigenvalue weighted by Crippen LogP contribution is -2.31. The highest BCUT2D eigenvalue weighted by molar-refractivity contribution is 6.46. The number of nitrogens with zero attached hydrogens (tertiary/aromatic N) is 3. The van der Waals surface area contributed by atoms with Gasteiger partial charge in [-0.1, -0.05) is 23.7 Å². The maximum absolute atomic E-state index is 13.6. The van der Waals surface area contributed by atoms with E-state index in [-0.39, 0.29) is 28.5 Å². The van der Waals surface area contributed by atoms with Crippen molar-refractivity contribution in [2.24, 2.45) is 0 Å². The van der Waals surface area contributed by atoms with Gasteiger partial charge in [0.25, 0.3) is 11.7 Å². The Labute approximate surface area is 194 Å². The molecule has 1 unspecified atom stereocenters. The Morgan fingerprint density at radius 1 is 1.18 bits per heavy atom. The predicted octanol–water partition coefficient (Wildman–Crippen LogP) is 4.20. The first-order chi connectivity index (χ1) is 15.9. The smallest absolute Gasteiger partial charge is 0.295 e. The molecule has 170 valence electrons. The summed E-state index contributed by atoms with van der Waals surface area (Å²) in [5.74, 6) is -1.93. The van der Waals surface area contributed by atoms with Crippen molar-refractivity contribution in [2.75, 3.05) is 13.7 Å². The summed E-state index contributed by atoms with van der Waals surface area (Å²) in [5, 5.41) is 11.3. The van der Waals surface area contributed by atoms with Crippen LogP contribution in [0.2, 0.25) is 5.02 Å². The zero-order valence-corrected chi connectivity index (χ0v) is 18.5. The number of imidazole rings is 1. The molecule has 1 amide bonds. The average molecular weight is 470 g/mol. The van der Waals surface area contributed by atoms with Crippen LogP contribution in [-0.2, 0) is 16.1 Å². The minimum Gasteiger partial charge on any atom is -0.507 e. The van der Waals surface area contributed by atoms with E-state index in [4.69, 9.17) is 16.3 Å². The van der Waals surface area contributed by atoms with E-state index in [2.05, 4.69) is 4.98 Å². The van der Waals surface area contributed by atoms with Crippen molar-refractivity contribution in [3.05, 3.63) is 88.7 Å². The van der Waals surface area contributed by atoms with Crippen LogP contribution < -0.4 is 4.74 Å². The van der Waals surface area contributed by atoms with Crippen molar-refractivity contribution in [3.63, 3.8) is 0 Å². The summed E-state index contributed by atoms with van der Waals surface area (Å²) >= 11 is 6.19. The molecule has 0 radical (unpaired) electrons. The molecule has 0 spiro atoms. The number of carbonyl (C=O) groups is 2. The van der Waals surface area contributed by atoms with E-state index in [1.807, 2.05) is 4.57 Å². The first kappa shape index (κ1) is 22.5. The number of methoxy groups -OCH3 is 1. The summed E-state index contributed by atoms with van der Waals surface area (Å²) in [6.45, 7) is 0.845.